The SMILES string of the molecule is COc1cccc(C2(C(=O)N3CCCC4(CCNC4)C3)CCCC2)c1. The summed E-state index contributed by atoms with van der Waals surface area (Å²) in [6, 6.07) is 8.21. The zero-order valence-electron chi connectivity index (χ0n) is 15.4. The summed E-state index contributed by atoms with van der Waals surface area (Å²) in [6.07, 6.45) is 7.84. The zero-order valence-corrected chi connectivity index (χ0v) is 15.4. The molecular formula is C21H30N2O2. The lowest BCUT2D eigenvalue weighted by molar-refractivity contribution is -0.140. The lowest BCUT2D eigenvalue weighted by Gasteiger charge is -2.43. The third kappa shape index (κ3) is 2.95. The first kappa shape index (κ1) is 16.9. The maximum Gasteiger partial charge on any atom is 0.233 e. The smallest absolute Gasteiger partial charge is 0.233 e. The van der Waals surface area contributed by atoms with Crippen molar-refractivity contribution in [2.24, 2.45) is 5.41 Å². The van der Waals surface area contributed by atoms with Gasteiger partial charge in [0, 0.05) is 25.0 Å². The van der Waals surface area contributed by atoms with Gasteiger partial charge in [0.2, 0.25) is 5.91 Å². The van der Waals surface area contributed by atoms with E-state index < -0.39 is 0 Å². The second-order valence-electron chi connectivity index (χ2n) is 8.28. The van der Waals surface area contributed by atoms with Crippen LogP contribution in [0.25, 0.3) is 0 Å². The molecule has 1 saturated carbocycles. The molecular weight excluding hydrogens is 312 g/mol. The minimum Gasteiger partial charge on any atom is -0.497 e. The summed E-state index contributed by atoms with van der Waals surface area (Å²) in [6.45, 7) is 4.03. The van der Waals surface area contributed by atoms with Crippen LogP contribution in [0, 0.1) is 5.41 Å². The second kappa shape index (κ2) is 6.64. The standard InChI is InChI=1S/C21H30N2O2/c1-25-18-7-4-6-17(14-18)21(9-2-3-10-21)19(24)23-13-5-8-20(16-23)11-12-22-15-20/h4,6-7,14,22H,2-3,5,8-13,15-16H2,1H3. The van der Waals surface area contributed by atoms with Crippen molar-refractivity contribution in [3.8, 4) is 5.75 Å². The largest absolute Gasteiger partial charge is 0.497 e. The highest BCUT2D eigenvalue weighted by atomic mass is 16.5. The van der Waals surface area contributed by atoms with Crippen molar-refractivity contribution in [2.45, 2.75) is 50.4 Å². The number of nitrogens with one attached hydrogen (secondary N) is 1. The fraction of sp³-hybridized carbons (Fsp3) is 0.667. The van der Waals surface area contributed by atoms with E-state index in [1.54, 1.807) is 7.11 Å². The number of methoxy groups -OCH3 is 1. The van der Waals surface area contributed by atoms with E-state index in [9.17, 15) is 4.79 Å². The average molecular weight is 342 g/mol. The Labute approximate surface area is 150 Å². The minimum atomic E-state index is -0.334. The highest BCUT2D eigenvalue weighted by Gasteiger charge is 2.48. The molecule has 136 valence electrons. The molecule has 1 aromatic rings. The summed E-state index contributed by atoms with van der Waals surface area (Å²) in [4.78, 5) is 15.9. The van der Waals surface area contributed by atoms with Crippen LogP contribution >= 0.6 is 0 Å². The van der Waals surface area contributed by atoms with Gasteiger partial charge in [-0.1, -0.05) is 25.0 Å². The normalized spacial score (nSPS) is 28.4. The maximum absolute atomic E-state index is 13.7. The lowest BCUT2D eigenvalue weighted by Crippen LogP contribution is -2.53. The molecule has 25 heavy (non-hydrogen) atoms. The van der Waals surface area contributed by atoms with E-state index in [1.807, 2.05) is 12.1 Å². The van der Waals surface area contributed by atoms with Gasteiger partial charge in [0.1, 0.15) is 5.75 Å². The molecule has 4 nitrogen and oxygen atoms in total. The van der Waals surface area contributed by atoms with Crippen molar-refractivity contribution in [2.75, 3.05) is 33.3 Å². The summed E-state index contributed by atoms with van der Waals surface area (Å²) in [7, 11) is 1.70. The fourth-order valence-corrected chi connectivity index (χ4v) is 5.35. The molecule has 2 aliphatic heterocycles. The van der Waals surface area contributed by atoms with Crippen LogP contribution in [0.3, 0.4) is 0 Å². The topological polar surface area (TPSA) is 41.6 Å². The van der Waals surface area contributed by atoms with Crippen molar-refractivity contribution in [1.29, 1.82) is 0 Å². The average Bonchev–Trinajstić information content (AvgIpc) is 3.32. The Balaban J connectivity index is 1.62. The third-order valence-corrected chi connectivity index (χ3v) is 6.77. The number of rotatable bonds is 3. The summed E-state index contributed by atoms with van der Waals surface area (Å²) in [5, 5.41) is 3.51. The number of piperidine rings is 1. The molecule has 0 radical (unpaired) electrons. The van der Waals surface area contributed by atoms with Crippen LogP contribution in [-0.2, 0) is 10.2 Å². The van der Waals surface area contributed by atoms with E-state index in [1.165, 1.54) is 12.8 Å². The van der Waals surface area contributed by atoms with Crippen LogP contribution in [-0.4, -0.2) is 44.1 Å². The maximum atomic E-state index is 13.7. The van der Waals surface area contributed by atoms with E-state index in [0.717, 1.165) is 69.6 Å². The van der Waals surface area contributed by atoms with Crippen molar-refractivity contribution < 1.29 is 9.53 Å². The second-order valence-corrected chi connectivity index (χ2v) is 8.28. The first-order valence-corrected chi connectivity index (χ1v) is 9.82. The van der Waals surface area contributed by atoms with Crippen LogP contribution in [0.2, 0.25) is 0 Å². The van der Waals surface area contributed by atoms with Gasteiger partial charge >= 0.3 is 0 Å². The molecule has 2 heterocycles. The molecule has 3 aliphatic rings. The van der Waals surface area contributed by atoms with Gasteiger partial charge in [0.15, 0.2) is 0 Å². The van der Waals surface area contributed by atoms with E-state index >= 15 is 0 Å². The molecule has 1 aromatic carbocycles. The third-order valence-electron chi connectivity index (χ3n) is 6.77. The quantitative estimate of drug-likeness (QED) is 0.918. The summed E-state index contributed by atoms with van der Waals surface area (Å²) in [5.41, 5.74) is 1.14. The first-order chi connectivity index (χ1) is 12.2. The molecule has 1 atom stereocenters. The number of likely N-dealkylation sites (tertiary alicyclic amines) is 1. The van der Waals surface area contributed by atoms with Gasteiger partial charge in [-0.15, -0.1) is 0 Å². The van der Waals surface area contributed by atoms with Crippen molar-refractivity contribution in [3.63, 3.8) is 0 Å². The molecule has 4 heteroatoms. The van der Waals surface area contributed by atoms with E-state index in [-0.39, 0.29) is 5.41 Å². The number of amides is 1. The monoisotopic (exact) mass is 342 g/mol. The number of carbonyl (C=O) groups excluding carboxylic acids is 1. The highest BCUT2D eigenvalue weighted by molar-refractivity contribution is 5.89. The van der Waals surface area contributed by atoms with E-state index in [2.05, 4.69) is 22.3 Å². The van der Waals surface area contributed by atoms with Gasteiger partial charge in [0.05, 0.1) is 12.5 Å². The van der Waals surface area contributed by atoms with Gasteiger partial charge in [-0.2, -0.15) is 0 Å². The molecule has 3 fully saturated rings. The van der Waals surface area contributed by atoms with Crippen molar-refractivity contribution in [3.05, 3.63) is 29.8 Å². The van der Waals surface area contributed by atoms with Crippen LogP contribution < -0.4 is 10.1 Å². The molecule has 1 amide bonds. The number of nitrogens with zero attached hydrogens (tertiary/aromatic N) is 1. The number of benzene rings is 1. The number of hydrogen-bond acceptors (Lipinski definition) is 3. The Kier molecular flexibility index (Phi) is 4.48. The molecule has 0 bridgehead atoms. The van der Waals surface area contributed by atoms with Gasteiger partial charge in [0.25, 0.3) is 0 Å². The van der Waals surface area contributed by atoms with Crippen LogP contribution in [0.4, 0.5) is 0 Å². The molecule has 4 rings (SSSR count). The van der Waals surface area contributed by atoms with E-state index in [4.69, 9.17) is 4.74 Å². The molecule has 1 spiro atoms. The Morgan fingerprint density at radius 2 is 2.00 bits per heavy atom. The Morgan fingerprint density at radius 1 is 1.16 bits per heavy atom. The zero-order chi connectivity index (χ0) is 17.3. The summed E-state index contributed by atoms with van der Waals surface area (Å²) < 4.78 is 5.43. The molecule has 1 aliphatic carbocycles. The predicted molar refractivity (Wildman–Crippen MR) is 98.9 cm³/mol. The van der Waals surface area contributed by atoms with Gasteiger partial charge in [-0.05, 0) is 56.3 Å². The lowest BCUT2D eigenvalue weighted by atomic mass is 9.74. The fourth-order valence-electron chi connectivity index (χ4n) is 5.35. The van der Waals surface area contributed by atoms with Crippen molar-refractivity contribution in [1.82, 2.24) is 10.2 Å². The Morgan fingerprint density at radius 3 is 2.72 bits per heavy atom. The van der Waals surface area contributed by atoms with Crippen LogP contribution in [0.5, 0.6) is 5.75 Å². The summed E-state index contributed by atoms with van der Waals surface area (Å²) >= 11 is 0. The molecule has 1 unspecified atom stereocenters. The first-order valence-electron chi connectivity index (χ1n) is 9.82. The predicted octanol–water partition coefficient (Wildman–Crippen LogP) is 3.11. The number of hydrogen-bond donors (Lipinski definition) is 1. The molecule has 1 N–H and O–H groups in total. The van der Waals surface area contributed by atoms with Crippen molar-refractivity contribution >= 4 is 5.91 Å². The van der Waals surface area contributed by atoms with Crippen LogP contribution in [0.15, 0.2) is 24.3 Å². The van der Waals surface area contributed by atoms with E-state index in [0.29, 0.717) is 11.3 Å². The van der Waals surface area contributed by atoms with Gasteiger partial charge in [-0.25, -0.2) is 0 Å². The Bertz CT molecular complexity index is 631. The molecule has 0 aromatic heterocycles. The minimum absolute atomic E-state index is 0.322. The van der Waals surface area contributed by atoms with Crippen LogP contribution in [0.1, 0.15) is 50.5 Å². The highest BCUT2D eigenvalue weighted by Crippen LogP contribution is 2.45. The Hall–Kier alpha value is -1.55. The number of ether oxygens (including phenoxy) is 1. The number of carbonyl (C=O) groups is 1. The van der Waals surface area contributed by atoms with Gasteiger partial charge < -0.3 is 15.0 Å². The summed E-state index contributed by atoms with van der Waals surface area (Å²) in [5.74, 6) is 1.22. The molecule has 2 saturated heterocycles. The van der Waals surface area contributed by atoms with Gasteiger partial charge in [-0.3, -0.25) is 4.79 Å².